The van der Waals surface area contributed by atoms with Crippen molar-refractivity contribution in [3.05, 3.63) is 53.0 Å². The van der Waals surface area contributed by atoms with E-state index < -0.39 is 0 Å². The Morgan fingerprint density at radius 1 is 1.13 bits per heavy atom. The standard InChI is InChI=1S/C23H23N5O3/c1-13-20-14-5-6-18-16(11-14)17(21(29)25-18)12-19-15(7-8-24-19)22(30)27(2)9-4-10-31-23(20)28(3)26-13/h5-8,11-12,24H,4,9-10H2,1-3H3,(H,25,29)/b17-12-. The van der Waals surface area contributed by atoms with Gasteiger partial charge in [-0.2, -0.15) is 5.10 Å². The Morgan fingerprint density at radius 2 is 1.97 bits per heavy atom. The maximum Gasteiger partial charge on any atom is 0.256 e. The second-order valence-corrected chi connectivity index (χ2v) is 7.90. The minimum absolute atomic E-state index is 0.104. The van der Waals surface area contributed by atoms with E-state index in [1.165, 1.54) is 0 Å². The van der Waals surface area contributed by atoms with Gasteiger partial charge in [0.25, 0.3) is 11.8 Å². The van der Waals surface area contributed by atoms with Gasteiger partial charge in [0.1, 0.15) is 0 Å². The molecular weight excluding hydrogens is 394 g/mol. The molecule has 0 fully saturated rings. The van der Waals surface area contributed by atoms with Crippen LogP contribution in [0.1, 0.15) is 33.7 Å². The lowest BCUT2D eigenvalue weighted by Crippen LogP contribution is -2.29. The average Bonchev–Trinajstić information content (AvgIpc) is 3.40. The fraction of sp³-hybridized carbons (Fsp3) is 0.261. The fourth-order valence-electron chi connectivity index (χ4n) is 4.23. The van der Waals surface area contributed by atoms with Crippen LogP contribution in [0.4, 0.5) is 5.69 Å². The fourth-order valence-corrected chi connectivity index (χ4v) is 4.23. The summed E-state index contributed by atoms with van der Waals surface area (Å²) in [5.41, 5.74) is 5.87. The van der Waals surface area contributed by atoms with Crippen LogP contribution in [0.15, 0.2) is 30.5 Å². The molecule has 2 N–H and O–H groups in total. The first-order valence-electron chi connectivity index (χ1n) is 10.2. The smallest absolute Gasteiger partial charge is 0.256 e. The number of nitrogens with one attached hydrogen (secondary N) is 2. The highest BCUT2D eigenvalue weighted by atomic mass is 16.5. The summed E-state index contributed by atoms with van der Waals surface area (Å²) in [6.07, 6.45) is 4.15. The number of aromatic amines is 1. The quantitative estimate of drug-likeness (QED) is 0.588. The van der Waals surface area contributed by atoms with Gasteiger partial charge in [-0.15, -0.1) is 0 Å². The molecule has 0 radical (unpaired) electrons. The number of nitrogens with zero attached hydrogens (tertiary/aromatic N) is 3. The maximum absolute atomic E-state index is 13.0. The summed E-state index contributed by atoms with van der Waals surface area (Å²) in [6.45, 7) is 2.95. The summed E-state index contributed by atoms with van der Waals surface area (Å²) in [4.78, 5) is 30.5. The van der Waals surface area contributed by atoms with E-state index in [1.807, 2.05) is 32.2 Å². The summed E-state index contributed by atoms with van der Waals surface area (Å²) >= 11 is 0. The number of hydrogen-bond acceptors (Lipinski definition) is 4. The second-order valence-electron chi connectivity index (χ2n) is 7.90. The molecule has 3 aromatic rings. The van der Waals surface area contributed by atoms with Crippen LogP contribution in [0, 0.1) is 6.92 Å². The van der Waals surface area contributed by atoms with Crippen LogP contribution in [0.3, 0.4) is 0 Å². The molecule has 4 heterocycles. The van der Waals surface area contributed by atoms with Crippen molar-refractivity contribution in [1.29, 1.82) is 0 Å². The molecular formula is C23H23N5O3. The van der Waals surface area contributed by atoms with Crippen LogP contribution < -0.4 is 10.1 Å². The van der Waals surface area contributed by atoms with Gasteiger partial charge in [-0.25, -0.2) is 4.68 Å². The number of aryl methyl sites for hydroxylation is 2. The number of benzene rings is 1. The van der Waals surface area contributed by atoms with Gasteiger partial charge >= 0.3 is 0 Å². The highest BCUT2D eigenvalue weighted by Gasteiger charge is 2.27. The summed E-state index contributed by atoms with van der Waals surface area (Å²) in [7, 11) is 3.62. The minimum Gasteiger partial charge on any atom is -0.477 e. The molecule has 0 atom stereocenters. The number of fused-ring (bicyclic) bond motifs is 4. The molecule has 2 aliphatic heterocycles. The van der Waals surface area contributed by atoms with Gasteiger partial charge in [0.15, 0.2) is 0 Å². The van der Waals surface area contributed by atoms with E-state index in [4.69, 9.17) is 4.74 Å². The summed E-state index contributed by atoms with van der Waals surface area (Å²) in [6, 6.07) is 7.58. The molecule has 0 saturated heterocycles. The first kappa shape index (κ1) is 19.2. The Bertz CT molecular complexity index is 1250. The summed E-state index contributed by atoms with van der Waals surface area (Å²) in [5.74, 6) is 0.374. The molecule has 1 aromatic carbocycles. The molecule has 158 valence electrons. The van der Waals surface area contributed by atoms with Crippen molar-refractivity contribution in [2.75, 3.05) is 25.5 Å². The zero-order chi connectivity index (χ0) is 21.7. The number of amides is 2. The van der Waals surface area contributed by atoms with Crippen LogP contribution in [0.25, 0.3) is 22.8 Å². The van der Waals surface area contributed by atoms with Crippen LogP contribution >= 0.6 is 0 Å². The first-order valence-corrected chi connectivity index (χ1v) is 10.2. The number of hydrogen-bond donors (Lipinski definition) is 2. The molecule has 31 heavy (non-hydrogen) atoms. The van der Waals surface area contributed by atoms with Crippen LogP contribution in [0.5, 0.6) is 5.88 Å². The van der Waals surface area contributed by atoms with Crippen molar-refractivity contribution in [2.24, 2.45) is 7.05 Å². The molecule has 8 heteroatoms. The van der Waals surface area contributed by atoms with E-state index in [0.717, 1.165) is 28.1 Å². The molecule has 5 rings (SSSR count). The molecule has 2 bridgehead atoms. The third kappa shape index (κ3) is 3.11. The lowest BCUT2D eigenvalue weighted by molar-refractivity contribution is -0.110. The Labute approximate surface area is 179 Å². The molecule has 0 saturated carbocycles. The SMILES string of the molecule is Cc1nn(C)c2c1-c1ccc3c(c1)/C(=C/c1[nH]ccc1C(=O)N(C)CCCO2)C(=O)N3. The minimum atomic E-state index is -0.197. The molecule has 0 aliphatic carbocycles. The van der Waals surface area contributed by atoms with Crippen molar-refractivity contribution in [1.82, 2.24) is 19.7 Å². The Morgan fingerprint density at radius 3 is 2.81 bits per heavy atom. The maximum atomic E-state index is 13.0. The normalized spacial score (nSPS) is 17.6. The Hall–Kier alpha value is -3.81. The lowest BCUT2D eigenvalue weighted by atomic mass is 9.98. The Kier molecular flexibility index (Phi) is 4.43. The van der Waals surface area contributed by atoms with Crippen LogP contribution in [-0.2, 0) is 11.8 Å². The predicted octanol–water partition coefficient (Wildman–Crippen LogP) is 3.07. The van der Waals surface area contributed by atoms with Gasteiger partial charge in [-0.1, -0.05) is 6.07 Å². The molecule has 2 aromatic heterocycles. The number of aromatic nitrogens is 3. The number of carbonyl (C=O) groups is 2. The molecule has 2 amide bonds. The number of anilines is 1. The number of H-pyrrole nitrogens is 1. The highest BCUT2D eigenvalue weighted by Crippen LogP contribution is 2.40. The summed E-state index contributed by atoms with van der Waals surface area (Å²) < 4.78 is 7.84. The summed E-state index contributed by atoms with van der Waals surface area (Å²) in [5, 5.41) is 7.45. The largest absolute Gasteiger partial charge is 0.477 e. The van der Waals surface area contributed by atoms with Gasteiger partial charge in [0.05, 0.1) is 34.7 Å². The third-order valence-corrected chi connectivity index (χ3v) is 5.78. The molecule has 0 spiro atoms. The second kappa shape index (κ2) is 7.16. The molecule has 0 unspecified atom stereocenters. The van der Waals surface area contributed by atoms with Gasteiger partial charge in [-0.3, -0.25) is 9.59 Å². The van der Waals surface area contributed by atoms with Crippen molar-refractivity contribution in [2.45, 2.75) is 13.3 Å². The van der Waals surface area contributed by atoms with Crippen molar-refractivity contribution < 1.29 is 14.3 Å². The lowest BCUT2D eigenvalue weighted by Gasteiger charge is -2.17. The predicted molar refractivity (Wildman–Crippen MR) is 118 cm³/mol. The van der Waals surface area contributed by atoms with Gasteiger partial charge < -0.3 is 19.9 Å². The molecule has 2 aliphatic rings. The van der Waals surface area contributed by atoms with Gasteiger partial charge in [0, 0.05) is 38.1 Å². The zero-order valence-electron chi connectivity index (χ0n) is 17.7. The van der Waals surface area contributed by atoms with Crippen LogP contribution in [0.2, 0.25) is 0 Å². The molecule has 8 nitrogen and oxygen atoms in total. The number of rotatable bonds is 0. The highest BCUT2D eigenvalue weighted by molar-refractivity contribution is 6.35. The Balaban J connectivity index is 1.72. The van der Waals surface area contributed by atoms with Gasteiger partial charge in [0.2, 0.25) is 5.88 Å². The van der Waals surface area contributed by atoms with E-state index in [1.54, 1.807) is 35.0 Å². The average molecular weight is 417 g/mol. The van der Waals surface area contributed by atoms with E-state index in [-0.39, 0.29) is 11.8 Å². The zero-order valence-corrected chi connectivity index (χ0v) is 17.7. The first-order chi connectivity index (χ1) is 14.9. The van der Waals surface area contributed by atoms with Crippen molar-refractivity contribution in [3.8, 4) is 17.0 Å². The number of carbonyl (C=O) groups excluding carboxylic acids is 2. The van der Waals surface area contributed by atoms with Crippen molar-refractivity contribution >= 4 is 29.2 Å². The van der Waals surface area contributed by atoms with E-state index in [2.05, 4.69) is 15.4 Å². The third-order valence-electron chi connectivity index (χ3n) is 5.78. The van der Waals surface area contributed by atoms with Crippen molar-refractivity contribution in [3.63, 3.8) is 0 Å². The van der Waals surface area contributed by atoms with Crippen LogP contribution in [-0.4, -0.2) is 51.7 Å². The van der Waals surface area contributed by atoms with E-state index >= 15 is 0 Å². The van der Waals surface area contributed by atoms with E-state index in [0.29, 0.717) is 42.3 Å². The number of ether oxygens (including phenoxy) is 1. The van der Waals surface area contributed by atoms with Gasteiger partial charge in [-0.05, 0) is 43.2 Å². The topological polar surface area (TPSA) is 92.2 Å². The monoisotopic (exact) mass is 417 g/mol. The van der Waals surface area contributed by atoms with E-state index in [9.17, 15) is 9.59 Å².